The van der Waals surface area contributed by atoms with Crippen molar-refractivity contribution in [1.82, 2.24) is 0 Å². The molecule has 114 valence electrons. The zero-order chi connectivity index (χ0) is 15.2. The Hall–Kier alpha value is -2.04. The molecule has 1 aliphatic rings. The third-order valence-corrected chi connectivity index (χ3v) is 4.01. The summed E-state index contributed by atoms with van der Waals surface area (Å²) in [5.74, 6) is 0.171. The number of rotatable bonds is 4. The van der Waals surface area contributed by atoms with Gasteiger partial charge in [0.2, 0.25) is 0 Å². The van der Waals surface area contributed by atoms with Crippen LogP contribution >= 0.6 is 0 Å². The van der Waals surface area contributed by atoms with Gasteiger partial charge in [0.1, 0.15) is 6.10 Å². The second kappa shape index (κ2) is 7.11. The molecular weight excluding hydrogens is 268 g/mol. The fraction of sp³-hybridized carbons (Fsp3) is 0.500. The van der Waals surface area contributed by atoms with E-state index < -0.39 is 6.03 Å². The maximum atomic E-state index is 12.2. The second-order valence-electron chi connectivity index (χ2n) is 5.46. The number of nitrogens with one attached hydrogen (secondary N) is 1. The Morgan fingerprint density at radius 1 is 1.24 bits per heavy atom. The quantitative estimate of drug-likeness (QED) is 0.835. The molecule has 1 aliphatic carbocycles. The normalized spacial score (nSPS) is 21.6. The summed E-state index contributed by atoms with van der Waals surface area (Å²) in [7, 11) is 0. The number of nitrogens with two attached hydrogens (primary N) is 1. The summed E-state index contributed by atoms with van der Waals surface area (Å²) in [5.41, 5.74) is 6.08. The van der Waals surface area contributed by atoms with Crippen molar-refractivity contribution in [3.05, 3.63) is 29.8 Å². The van der Waals surface area contributed by atoms with Crippen LogP contribution in [0, 0.1) is 5.92 Å². The molecule has 1 saturated carbocycles. The first-order valence-corrected chi connectivity index (χ1v) is 7.47. The lowest BCUT2D eigenvalue weighted by atomic mass is 9.85. The Bertz CT molecular complexity index is 499. The van der Waals surface area contributed by atoms with Gasteiger partial charge in [0.25, 0.3) is 0 Å². The zero-order valence-corrected chi connectivity index (χ0v) is 12.3. The first kappa shape index (κ1) is 15.4. The van der Waals surface area contributed by atoms with E-state index in [2.05, 4.69) is 12.2 Å². The number of esters is 1. The molecule has 0 radical (unpaired) electrons. The highest BCUT2D eigenvalue weighted by atomic mass is 16.5. The largest absolute Gasteiger partial charge is 0.458 e. The maximum Gasteiger partial charge on any atom is 0.338 e. The fourth-order valence-electron chi connectivity index (χ4n) is 2.83. The van der Waals surface area contributed by atoms with Gasteiger partial charge in [-0.25, -0.2) is 9.59 Å². The van der Waals surface area contributed by atoms with Gasteiger partial charge in [0.05, 0.1) is 5.56 Å². The van der Waals surface area contributed by atoms with Crippen LogP contribution in [0.1, 0.15) is 49.4 Å². The third-order valence-electron chi connectivity index (χ3n) is 4.01. The maximum absolute atomic E-state index is 12.2. The van der Waals surface area contributed by atoms with Gasteiger partial charge in [0, 0.05) is 5.69 Å². The number of carbonyl (C=O) groups excluding carboxylic acids is 2. The zero-order valence-electron chi connectivity index (χ0n) is 12.3. The van der Waals surface area contributed by atoms with Crippen LogP contribution in [0.2, 0.25) is 0 Å². The Balaban J connectivity index is 1.97. The van der Waals surface area contributed by atoms with Gasteiger partial charge in [0.15, 0.2) is 0 Å². The van der Waals surface area contributed by atoms with Crippen molar-refractivity contribution in [2.45, 2.75) is 45.1 Å². The Kier molecular flexibility index (Phi) is 5.20. The first-order chi connectivity index (χ1) is 10.1. The van der Waals surface area contributed by atoms with E-state index in [-0.39, 0.29) is 12.1 Å². The lowest BCUT2D eigenvalue weighted by Gasteiger charge is -2.30. The van der Waals surface area contributed by atoms with Crippen molar-refractivity contribution in [3.63, 3.8) is 0 Å². The van der Waals surface area contributed by atoms with Crippen molar-refractivity contribution < 1.29 is 14.3 Å². The molecular formula is C16H22N2O3. The Labute approximate surface area is 124 Å². The van der Waals surface area contributed by atoms with Crippen LogP contribution in [0.5, 0.6) is 0 Å². The van der Waals surface area contributed by atoms with Crippen molar-refractivity contribution in [2.24, 2.45) is 11.7 Å². The van der Waals surface area contributed by atoms with Crippen molar-refractivity contribution in [3.8, 4) is 0 Å². The fourth-order valence-corrected chi connectivity index (χ4v) is 2.83. The number of hydrogen-bond acceptors (Lipinski definition) is 3. The van der Waals surface area contributed by atoms with Crippen LogP contribution in [0.15, 0.2) is 24.3 Å². The van der Waals surface area contributed by atoms with Gasteiger partial charge in [-0.1, -0.05) is 13.3 Å². The van der Waals surface area contributed by atoms with E-state index in [4.69, 9.17) is 10.5 Å². The van der Waals surface area contributed by atoms with E-state index in [1.807, 2.05) is 0 Å². The van der Waals surface area contributed by atoms with Crippen molar-refractivity contribution in [2.75, 3.05) is 5.32 Å². The Morgan fingerprint density at radius 2 is 1.90 bits per heavy atom. The molecule has 2 unspecified atom stereocenters. The summed E-state index contributed by atoms with van der Waals surface area (Å²) in [6.07, 6.45) is 5.50. The topological polar surface area (TPSA) is 81.4 Å². The lowest BCUT2D eigenvalue weighted by Crippen LogP contribution is -2.29. The summed E-state index contributed by atoms with van der Waals surface area (Å²) in [6.45, 7) is 2.14. The van der Waals surface area contributed by atoms with Crippen LogP contribution in [-0.2, 0) is 4.74 Å². The van der Waals surface area contributed by atoms with Crippen LogP contribution < -0.4 is 11.1 Å². The molecule has 2 rings (SSSR count). The molecule has 5 nitrogen and oxygen atoms in total. The number of amides is 2. The molecule has 0 saturated heterocycles. The highest BCUT2D eigenvalue weighted by molar-refractivity contribution is 5.91. The average Bonchev–Trinajstić information content (AvgIpc) is 2.48. The number of benzene rings is 1. The minimum absolute atomic E-state index is 0.0275. The molecule has 1 aromatic carbocycles. The van der Waals surface area contributed by atoms with Gasteiger partial charge in [-0.3, -0.25) is 0 Å². The highest BCUT2D eigenvalue weighted by Crippen LogP contribution is 2.29. The van der Waals surface area contributed by atoms with Crippen LogP contribution in [0.4, 0.5) is 10.5 Å². The van der Waals surface area contributed by atoms with Gasteiger partial charge in [-0.15, -0.1) is 0 Å². The van der Waals surface area contributed by atoms with Gasteiger partial charge in [-0.05, 0) is 55.9 Å². The molecule has 2 amide bonds. The van der Waals surface area contributed by atoms with Gasteiger partial charge >= 0.3 is 12.0 Å². The van der Waals surface area contributed by atoms with Crippen molar-refractivity contribution >= 4 is 17.7 Å². The van der Waals surface area contributed by atoms with E-state index in [9.17, 15) is 9.59 Å². The third kappa shape index (κ3) is 4.21. The standard InChI is InChI=1S/C16H22N2O3/c1-2-11-5-3-4-6-14(11)21-15(19)12-7-9-13(10-8-12)18-16(17)20/h7-11,14H,2-6H2,1H3,(H3,17,18,20). The van der Waals surface area contributed by atoms with Gasteiger partial charge < -0.3 is 15.8 Å². The Morgan fingerprint density at radius 3 is 2.52 bits per heavy atom. The number of anilines is 1. The molecule has 0 heterocycles. The first-order valence-electron chi connectivity index (χ1n) is 7.47. The average molecular weight is 290 g/mol. The molecule has 5 heteroatoms. The summed E-state index contributed by atoms with van der Waals surface area (Å²) >= 11 is 0. The highest BCUT2D eigenvalue weighted by Gasteiger charge is 2.27. The van der Waals surface area contributed by atoms with Crippen LogP contribution in [0.25, 0.3) is 0 Å². The van der Waals surface area contributed by atoms with Gasteiger partial charge in [-0.2, -0.15) is 0 Å². The summed E-state index contributed by atoms with van der Waals surface area (Å²) in [5, 5.41) is 2.46. The molecule has 1 aromatic rings. The predicted molar refractivity (Wildman–Crippen MR) is 81.1 cm³/mol. The van der Waals surface area contributed by atoms with Crippen LogP contribution in [-0.4, -0.2) is 18.1 Å². The van der Waals surface area contributed by atoms with Crippen LogP contribution in [0.3, 0.4) is 0 Å². The minimum Gasteiger partial charge on any atom is -0.458 e. The monoisotopic (exact) mass is 290 g/mol. The number of primary amides is 1. The molecule has 3 N–H and O–H groups in total. The van der Waals surface area contributed by atoms with E-state index in [1.54, 1.807) is 24.3 Å². The molecule has 2 atom stereocenters. The molecule has 1 fully saturated rings. The summed E-state index contributed by atoms with van der Waals surface area (Å²) < 4.78 is 5.65. The second-order valence-corrected chi connectivity index (χ2v) is 5.46. The minimum atomic E-state index is -0.627. The smallest absolute Gasteiger partial charge is 0.338 e. The number of carbonyl (C=O) groups is 2. The molecule has 21 heavy (non-hydrogen) atoms. The van der Waals surface area contributed by atoms with E-state index in [0.29, 0.717) is 17.2 Å². The van der Waals surface area contributed by atoms with Crippen molar-refractivity contribution in [1.29, 1.82) is 0 Å². The summed E-state index contributed by atoms with van der Waals surface area (Å²) in [4.78, 5) is 22.9. The SMILES string of the molecule is CCC1CCCCC1OC(=O)c1ccc(NC(N)=O)cc1. The molecule has 0 aliphatic heterocycles. The predicted octanol–water partition coefficient (Wildman–Crippen LogP) is 3.30. The van der Waals surface area contributed by atoms with E-state index in [1.165, 1.54) is 6.42 Å². The molecule has 0 aromatic heterocycles. The molecule has 0 bridgehead atoms. The lowest BCUT2D eigenvalue weighted by molar-refractivity contribution is 0.000712. The summed E-state index contributed by atoms with van der Waals surface area (Å²) in [6, 6.07) is 5.92. The van der Waals surface area contributed by atoms with E-state index >= 15 is 0 Å². The number of ether oxygens (including phenoxy) is 1. The number of hydrogen-bond donors (Lipinski definition) is 2. The van der Waals surface area contributed by atoms with E-state index in [0.717, 1.165) is 25.7 Å². The number of urea groups is 1. The molecule has 0 spiro atoms.